The maximum absolute atomic E-state index is 11.3. The molecule has 0 bridgehead atoms. The van der Waals surface area contributed by atoms with Crippen molar-refractivity contribution in [2.45, 2.75) is 33.2 Å². The minimum absolute atomic E-state index is 0.325. The molecule has 1 aromatic heterocycles. The van der Waals surface area contributed by atoms with Gasteiger partial charge < -0.3 is 9.30 Å². The molecule has 0 saturated heterocycles. The Morgan fingerprint density at radius 2 is 2.15 bits per heavy atom. The predicted octanol–water partition coefficient (Wildman–Crippen LogP) is 3.11. The zero-order chi connectivity index (χ0) is 14.5. The Bertz CT molecular complexity index is 628. The van der Waals surface area contributed by atoms with E-state index in [4.69, 9.17) is 4.74 Å². The number of benzene rings is 1. The highest BCUT2D eigenvalue weighted by atomic mass is 16.5. The van der Waals surface area contributed by atoms with Crippen molar-refractivity contribution in [3.63, 3.8) is 0 Å². The minimum atomic E-state index is -0.325. The number of carbonyl (C=O) groups excluding carboxylic acids is 1. The first-order valence-electron chi connectivity index (χ1n) is 6.90. The Labute approximate surface area is 119 Å². The number of esters is 1. The minimum Gasteiger partial charge on any atom is -0.462 e. The summed E-state index contributed by atoms with van der Waals surface area (Å²) in [7, 11) is 0. The number of aromatic nitrogens is 2. The van der Waals surface area contributed by atoms with Crippen molar-refractivity contribution in [1.29, 1.82) is 0 Å². The number of hydrogen-bond donors (Lipinski definition) is 0. The Hall–Kier alpha value is -2.10. The molecule has 0 spiro atoms. The highest BCUT2D eigenvalue weighted by Crippen LogP contribution is 2.16. The maximum atomic E-state index is 11.3. The second kappa shape index (κ2) is 6.37. The van der Waals surface area contributed by atoms with Gasteiger partial charge in [0.15, 0.2) is 0 Å². The van der Waals surface area contributed by atoms with Crippen molar-refractivity contribution in [2.24, 2.45) is 0 Å². The molecule has 20 heavy (non-hydrogen) atoms. The molecule has 0 unspecified atom stereocenters. The van der Waals surface area contributed by atoms with Crippen LogP contribution < -0.4 is 0 Å². The Balaban J connectivity index is 1.99. The molecule has 0 saturated carbocycles. The second-order valence-corrected chi connectivity index (χ2v) is 4.78. The molecule has 2 aromatic rings. The first-order chi connectivity index (χ1) is 9.63. The quantitative estimate of drug-likeness (QED) is 0.461. The fourth-order valence-electron chi connectivity index (χ4n) is 2.19. The molecule has 0 fully saturated rings. The largest absolute Gasteiger partial charge is 0.462 e. The van der Waals surface area contributed by atoms with Crippen LogP contribution >= 0.6 is 0 Å². The zero-order valence-electron chi connectivity index (χ0n) is 12.1. The molecule has 4 heteroatoms. The molecule has 1 heterocycles. The molecule has 1 aromatic carbocycles. The van der Waals surface area contributed by atoms with Crippen LogP contribution in [0.5, 0.6) is 0 Å². The fourth-order valence-corrected chi connectivity index (χ4v) is 2.19. The number of imidazole rings is 1. The first kappa shape index (κ1) is 14.3. The number of carbonyl (C=O) groups is 1. The van der Waals surface area contributed by atoms with Crippen molar-refractivity contribution in [3.05, 3.63) is 42.2 Å². The highest BCUT2D eigenvalue weighted by Gasteiger charge is 2.09. The van der Waals surface area contributed by atoms with Gasteiger partial charge in [0.2, 0.25) is 0 Å². The summed E-state index contributed by atoms with van der Waals surface area (Å²) in [6.07, 6.45) is 1.56. The van der Waals surface area contributed by atoms with Gasteiger partial charge in [0, 0.05) is 18.5 Å². The van der Waals surface area contributed by atoms with Crippen LogP contribution in [0, 0.1) is 0 Å². The summed E-state index contributed by atoms with van der Waals surface area (Å²) in [5, 5.41) is 0. The van der Waals surface area contributed by atoms with E-state index in [1.54, 1.807) is 6.92 Å². The molecule has 0 N–H and O–H groups in total. The SMILES string of the molecule is C=C(C)C(=O)OCCCc1nc2ccccc2n1CC. The summed E-state index contributed by atoms with van der Waals surface area (Å²) >= 11 is 0. The summed E-state index contributed by atoms with van der Waals surface area (Å²) in [6, 6.07) is 8.12. The number of rotatable bonds is 6. The molecule has 0 aliphatic rings. The van der Waals surface area contributed by atoms with Gasteiger partial charge in [-0.25, -0.2) is 9.78 Å². The lowest BCUT2D eigenvalue weighted by Crippen LogP contribution is -2.08. The van der Waals surface area contributed by atoms with Crippen LogP contribution in [0.3, 0.4) is 0 Å². The molecule has 106 valence electrons. The highest BCUT2D eigenvalue weighted by molar-refractivity contribution is 5.86. The van der Waals surface area contributed by atoms with Crippen molar-refractivity contribution in [2.75, 3.05) is 6.61 Å². The molecular formula is C16H20N2O2. The Morgan fingerprint density at radius 3 is 2.85 bits per heavy atom. The molecular weight excluding hydrogens is 252 g/mol. The van der Waals surface area contributed by atoms with E-state index in [-0.39, 0.29) is 5.97 Å². The van der Waals surface area contributed by atoms with Gasteiger partial charge in [0.25, 0.3) is 0 Å². The van der Waals surface area contributed by atoms with Gasteiger partial charge in [0.05, 0.1) is 17.6 Å². The predicted molar refractivity (Wildman–Crippen MR) is 79.5 cm³/mol. The monoisotopic (exact) mass is 272 g/mol. The van der Waals surface area contributed by atoms with E-state index in [1.807, 2.05) is 18.2 Å². The van der Waals surface area contributed by atoms with Crippen LogP contribution in [0.2, 0.25) is 0 Å². The summed E-state index contributed by atoms with van der Waals surface area (Å²) in [5.41, 5.74) is 2.61. The van der Waals surface area contributed by atoms with E-state index in [0.717, 1.165) is 36.2 Å². The molecule has 0 atom stereocenters. The molecule has 0 aliphatic heterocycles. The van der Waals surface area contributed by atoms with Gasteiger partial charge >= 0.3 is 5.97 Å². The van der Waals surface area contributed by atoms with Gasteiger partial charge in [-0.05, 0) is 32.4 Å². The van der Waals surface area contributed by atoms with E-state index in [9.17, 15) is 4.79 Å². The second-order valence-electron chi connectivity index (χ2n) is 4.78. The van der Waals surface area contributed by atoms with Crippen molar-refractivity contribution in [3.8, 4) is 0 Å². The normalized spacial score (nSPS) is 10.7. The van der Waals surface area contributed by atoms with Crippen LogP contribution in [-0.2, 0) is 22.5 Å². The Kier molecular flexibility index (Phi) is 4.56. The van der Waals surface area contributed by atoms with E-state index in [2.05, 4.69) is 29.1 Å². The lowest BCUT2D eigenvalue weighted by Gasteiger charge is -2.06. The molecule has 0 amide bonds. The lowest BCUT2D eigenvalue weighted by molar-refractivity contribution is -0.139. The van der Waals surface area contributed by atoms with Gasteiger partial charge in [-0.15, -0.1) is 0 Å². The van der Waals surface area contributed by atoms with Gasteiger partial charge in [-0.3, -0.25) is 0 Å². The molecule has 0 aliphatic carbocycles. The number of para-hydroxylation sites is 2. The van der Waals surface area contributed by atoms with Crippen LogP contribution in [0.15, 0.2) is 36.4 Å². The summed E-state index contributed by atoms with van der Waals surface area (Å²) in [5.74, 6) is 0.717. The topological polar surface area (TPSA) is 44.1 Å². The first-order valence-corrected chi connectivity index (χ1v) is 6.90. The van der Waals surface area contributed by atoms with Gasteiger partial charge in [-0.2, -0.15) is 0 Å². The Morgan fingerprint density at radius 1 is 1.40 bits per heavy atom. The van der Waals surface area contributed by atoms with E-state index < -0.39 is 0 Å². The molecule has 0 radical (unpaired) electrons. The number of aryl methyl sites for hydroxylation is 2. The number of ether oxygens (including phenoxy) is 1. The third-order valence-electron chi connectivity index (χ3n) is 3.18. The van der Waals surface area contributed by atoms with Crippen molar-refractivity contribution >= 4 is 17.0 Å². The average Bonchev–Trinajstić information content (AvgIpc) is 2.80. The number of fused-ring (bicyclic) bond motifs is 1. The van der Waals surface area contributed by atoms with Crippen LogP contribution in [0.1, 0.15) is 26.1 Å². The molecule has 2 rings (SSSR count). The zero-order valence-corrected chi connectivity index (χ0v) is 12.1. The van der Waals surface area contributed by atoms with E-state index in [1.165, 1.54) is 0 Å². The standard InChI is InChI=1S/C16H20N2O2/c1-4-18-14-9-6-5-8-13(14)17-15(18)10-7-11-20-16(19)12(2)3/h5-6,8-9H,2,4,7,10-11H2,1,3H3. The fraction of sp³-hybridized carbons (Fsp3) is 0.375. The van der Waals surface area contributed by atoms with Crippen LogP contribution in [0.4, 0.5) is 0 Å². The smallest absolute Gasteiger partial charge is 0.333 e. The third-order valence-corrected chi connectivity index (χ3v) is 3.18. The maximum Gasteiger partial charge on any atom is 0.333 e. The summed E-state index contributed by atoms with van der Waals surface area (Å²) in [4.78, 5) is 15.9. The van der Waals surface area contributed by atoms with Crippen molar-refractivity contribution < 1.29 is 9.53 Å². The average molecular weight is 272 g/mol. The van der Waals surface area contributed by atoms with E-state index in [0.29, 0.717) is 12.2 Å². The third kappa shape index (κ3) is 3.07. The van der Waals surface area contributed by atoms with Gasteiger partial charge in [0.1, 0.15) is 5.82 Å². The van der Waals surface area contributed by atoms with Crippen LogP contribution in [-0.4, -0.2) is 22.1 Å². The summed E-state index contributed by atoms with van der Waals surface area (Å²) < 4.78 is 7.30. The summed E-state index contributed by atoms with van der Waals surface area (Å²) in [6.45, 7) is 8.61. The van der Waals surface area contributed by atoms with Crippen LogP contribution in [0.25, 0.3) is 11.0 Å². The van der Waals surface area contributed by atoms with E-state index >= 15 is 0 Å². The number of hydrogen-bond acceptors (Lipinski definition) is 3. The van der Waals surface area contributed by atoms with Gasteiger partial charge in [-0.1, -0.05) is 18.7 Å². The molecule has 4 nitrogen and oxygen atoms in total. The lowest BCUT2D eigenvalue weighted by atomic mass is 10.3. The number of nitrogens with zero attached hydrogens (tertiary/aromatic N) is 2. The van der Waals surface area contributed by atoms with Crippen molar-refractivity contribution in [1.82, 2.24) is 9.55 Å².